The third-order valence-corrected chi connectivity index (χ3v) is 4.05. The molecule has 0 saturated carbocycles. The maximum atomic E-state index is 6.46. The van der Waals surface area contributed by atoms with E-state index in [0.717, 1.165) is 11.3 Å². The van der Waals surface area contributed by atoms with Crippen molar-refractivity contribution in [2.24, 2.45) is 10.7 Å². The van der Waals surface area contributed by atoms with Crippen LogP contribution in [-0.2, 0) is 0 Å². The number of anilines is 1. The largest absolute Gasteiger partial charge is 0.493 e. The van der Waals surface area contributed by atoms with Crippen molar-refractivity contribution < 1.29 is 4.74 Å². The van der Waals surface area contributed by atoms with Crippen LogP contribution in [0.15, 0.2) is 41.4 Å². The molecule has 0 fully saturated rings. The van der Waals surface area contributed by atoms with E-state index in [1.54, 1.807) is 12.1 Å². The number of benzene rings is 2. The van der Waals surface area contributed by atoms with Gasteiger partial charge in [0, 0.05) is 16.3 Å². The highest BCUT2D eigenvalue weighted by Crippen LogP contribution is 2.35. The Kier molecular flexibility index (Phi) is 4.76. The molecule has 120 valence electrons. The molecule has 1 atom stereocenters. The molecule has 0 bridgehead atoms. The molecule has 3 rings (SSSR count). The normalized spacial score (nSPS) is 16.9. The predicted molar refractivity (Wildman–Crippen MR) is 96.2 cm³/mol. The highest BCUT2D eigenvalue weighted by atomic mass is 35.5. The van der Waals surface area contributed by atoms with Gasteiger partial charge in [-0.15, -0.1) is 0 Å². The van der Waals surface area contributed by atoms with E-state index in [1.807, 2.05) is 31.2 Å². The molecule has 0 aromatic heterocycles. The number of nitrogens with one attached hydrogen (secondary N) is 1. The number of ether oxygens (including phenoxy) is 1. The van der Waals surface area contributed by atoms with Crippen LogP contribution in [0.1, 0.15) is 18.1 Å². The van der Waals surface area contributed by atoms with E-state index < -0.39 is 0 Å². The Labute approximate surface area is 145 Å². The Morgan fingerprint density at radius 1 is 1.30 bits per heavy atom. The van der Waals surface area contributed by atoms with Crippen molar-refractivity contribution in [2.45, 2.75) is 13.1 Å². The van der Waals surface area contributed by atoms with Gasteiger partial charge in [-0.3, -0.25) is 4.99 Å². The van der Waals surface area contributed by atoms with Crippen LogP contribution in [0.2, 0.25) is 10.0 Å². The van der Waals surface area contributed by atoms with E-state index in [1.165, 1.54) is 0 Å². The van der Waals surface area contributed by atoms with Crippen LogP contribution in [0, 0.1) is 0 Å². The summed E-state index contributed by atoms with van der Waals surface area (Å²) >= 11 is 12.6. The zero-order valence-corrected chi connectivity index (χ0v) is 14.2. The number of hydrogen-bond donors (Lipinski definition) is 2. The average Bonchev–Trinajstić information content (AvgIpc) is 2.67. The van der Waals surface area contributed by atoms with Crippen LogP contribution in [0.5, 0.6) is 5.75 Å². The number of aliphatic imine (C=N–C) groups is 1. The second-order valence-corrected chi connectivity index (χ2v) is 6.01. The minimum absolute atomic E-state index is 0.376. The van der Waals surface area contributed by atoms with Gasteiger partial charge in [0.05, 0.1) is 29.4 Å². The van der Waals surface area contributed by atoms with Gasteiger partial charge in [0.2, 0.25) is 0 Å². The second kappa shape index (κ2) is 6.79. The fourth-order valence-electron chi connectivity index (χ4n) is 2.59. The number of hydrogen-bond acceptors (Lipinski definition) is 4. The first kappa shape index (κ1) is 16.1. The fourth-order valence-corrected chi connectivity index (χ4v) is 3.15. The summed E-state index contributed by atoms with van der Waals surface area (Å²) in [6.45, 7) is 2.97. The lowest BCUT2D eigenvalue weighted by Crippen LogP contribution is -2.26. The SMILES string of the molecule is CCOc1cc(Cl)cc(Cl)c1C1=NC(N)CNc2ccccc21. The van der Waals surface area contributed by atoms with Crippen LogP contribution < -0.4 is 15.8 Å². The van der Waals surface area contributed by atoms with Crippen LogP contribution in [0.3, 0.4) is 0 Å². The highest BCUT2D eigenvalue weighted by Gasteiger charge is 2.23. The van der Waals surface area contributed by atoms with Gasteiger partial charge in [0.1, 0.15) is 11.9 Å². The molecule has 1 aliphatic rings. The van der Waals surface area contributed by atoms with Gasteiger partial charge in [0.25, 0.3) is 0 Å². The van der Waals surface area contributed by atoms with Gasteiger partial charge in [-0.2, -0.15) is 0 Å². The molecule has 1 unspecified atom stereocenters. The molecule has 0 spiro atoms. The molecule has 0 radical (unpaired) electrons. The van der Waals surface area contributed by atoms with Gasteiger partial charge in [-0.1, -0.05) is 41.4 Å². The average molecular weight is 350 g/mol. The van der Waals surface area contributed by atoms with Crippen LogP contribution in [-0.4, -0.2) is 25.0 Å². The number of nitrogens with two attached hydrogens (primary N) is 1. The lowest BCUT2D eigenvalue weighted by Gasteiger charge is -2.16. The van der Waals surface area contributed by atoms with Gasteiger partial charge in [-0.25, -0.2) is 0 Å². The minimum atomic E-state index is -0.376. The molecular weight excluding hydrogens is 333 g/mol. The summed E-state index contributed by atoms with van der Waals surface area (Å²) in [6.07, 6.45) is -0.376. The summed E-state index contributed by atoms with van der Waals surface area (Å²) in [6, 6.07) is 11.3. The molecule has 4 nitrogen and oxygen atoms in total. The summed E-state index contributed by atoms with van der Waals surface area (Å²) in [5.74, 6) is 0.604. The number of fused-ring (bicyclic) bond motifs is 1. The number of rotatable bonds is 3. The Balaban J connectivity index is 2.24. The summed E-state index contributed by atoms with van der Waals surface area (Å²) < 4.78 is 5.73. The van der Waals surface area contributed by atoms with E-state index >= 15 is 0 Å². The van der Waals surface area contributed by atoms with Crippen molar-refractivity contribution in [3.63, 3.8) is 0 Å². The molecule has 2 aromatic carbocycles. The lowest BCUT2D eigenvalue weighted by molar-refractivity contribution is 0.339. The molecule has 6 heteroatoms. The van der Waals surface area contributed by atoms with Crippen LogP contribution in [0.4, 0.5) is 5.69 Å². The number of benzodiazepines with no additional fused rings is 1. The molecular formula is C17H17Cl2N3O. The zero-order valence-electron chi connectivity index (χ0n) is 12.6. The number of nitrogens with zero attached hydrogens (tertiary/aromatic N) is 1. The summed E-state index contributed by atoms with van der Waals surface area (Å²) in [5, 5.41) is 4.32. The summed E-state index contributed by atoms with van der Waals surface area (Å²) in [4.78, 5) is 4.65. The van der Waals surface area contributed by atoms with Crippen molar-refractivity contribution >= 4 is 34.6 Å². The van der Waals surface area contributed by atoms with E-state index in [2.05, 4.69) is 10.3 Å². The van der Waals surface area contributed by atoms with Gasteiger partial charge in [0.15, 0.2) is 0 Å². The predicted octanol–water partition coefficient (Wildman–Crippen LogP) is 3.94. The second-order valence-electron chi connectivity index (χ2n) is 5.17. The van der Waals surface area contributed by atoms with E-state index in [-0.39, 0.29) is 6.17 Å². The fraction of sp³-hybridized carbons (Fsp3) is 0.235. The van der Waals surface area contributed by atoms with E-state index in [9.17, 15) is 0 Å². The molecule has 2 aromatic rings. The Hall–Kier alpha value is -1.75. The molecule has 23 heavy (non-hydrogen) atoms. The summed E-state index contributed by atoms with van der Waals surface area (Å²) in [5.41, 5.74) is 9.41. The van der Waals surface area contributed by atoms with Gasteiger partial charge < -0.3 is 15.8 Å². The number of para-hydroxylation sites is 1. The van der Waals surface area contributed by atoms with Crippen LogP contribution in [0.25, 0.3) is 0 Å². The Morgan fingerprint density at radius 3 is 2.87 bits per heavy atom. The van der Waals surface area contributed by atoms with E-state index in [4.69, 9.17) is 33.7 Å². The summed E-state index contributed by atoms with van der Waals surface area (Å²) in [7, 11) is 0. The molecule has 0 amide bonds. The van der Waals surface area contributed by atoms with Crippen molar-refractivity contribution in [1.82, 2.24) is 0 Å². The molecule has 3 N–H and O–H groups in total. The van der Waals surface area contributed by atoms with Gasteiger partial charge in [-0.05, 0) is 25.1 Å². The molecule has 0 saturated heterocycles. The first-order valence-corrected chi connectivity index (χ1v) is 8.14. The highest BCUT2D eigenvalue weighted by molar-refractivity contribution is 6.39. The Bertz CT molecular complexity index is 761. The standard InChI is InChI=1S/C17H17Cl2N3O/c1-2-23-14-8-10(18)7-12(19)16(14)17-11-5-3-4-6-13(11)21-9-15(20)22-17/h3-8,15,21H,2,9,20H2,1H3. The first-order valence-electron chi connectivity index (χ1n) is 7.39. The minimum Gasteiger partial charge on any atom is -0.493 e. The lowest BCUT2D eigenvalue weighted by atomic mass is 9.99. The van der Waals surface area contributed by atoms with E-state index in [0.29, 0.717) is 40.2 Å². The third kappa shape index (κ3) is 3.29. The Morgan fingerprint density at radius 2 is 2.09 bits per heavy atom. The third-order valence-electron chi connectivity index (χ3n) is 3.53. The van der Waals surface area contributed by atoms with Crippen LogP contribution >= 0.6 is 23.2 Å². The quantitative estimate of drug-likeness (QED) is 0.882. The van der Waals surface area contributed by atoms with Crippen molar-refractivity contribution in [1.29, 1.82) is 0 Å². The molecule has 0 aliphatic carbocycles. The monoisotopic (exact) mass is 349 g/mol. The number of halogens is 2. The molecule has 1 aliphatic heterocycles. The van der Waals surface area contributed by atoms with Crippen molar-refractivity contribution in [2.75, 3.05) is 18.5 Å². The van der Waals surface area contributed by atoms with Crippen molar-refractivity contribution in [3.05, 3.63) is 57.6 Å². The molecule has 1 heterocycles. The first-order chi connectivity index (χ1) is 11.1. The zero-order chi connectivity index (χ0) is 16.4. The maximum Gasteiger partial charge on any atom is 0.131 e. The van der Waals surface area contributed by atoms with Crippen molar-refractivity contribution in [3.8, 4) is 5.75 Å². The topological polar surface area (TPSA) is 59.6 Å². The smallest absolute Gasteiger partial charge is 0.131 e. The van der Waals surface area contributed by atoms with Gasteiger partial charge >= 0.3 is 0 Å². The maximum absolute atomic E-state index is 6.46.